The highest BCUT2D eigenvalue weighted by Crippen LogP contribution is 2.31. The molecule has 0 unspecified atom stereocenters. The van der Waals surface area contributed by atoms with Crippen LogP contribution in [0.3, 0.4) is 0 Å². The summed E-state index contributed by atoms with van der Waals surface area (Å²) in [5.74, 6) is -2.23. The topological polar surface area (TPSA) is 191 Å². The lowest BCUT2D eigenvalue weighted by Gasteiger charge is -2.08. The van der Waals surface area contributed by atoms with Gasteiger partial charge < -0.3 is 23.7 Å². The van der Waals surface area contributed by atoms with Crippen LogP contribution in [0.25, 0.3) is 0 Å². The monoisotopic (exact) mass is 566 g/mol. The number of rotatable bonds is 10. The second-order valence-electron chi connectivity index (χ2n) is 8.10. The minimum Gasteiger partial charge on any atom is -0.469 e. The quantitative estimate of drug-likeness (QED) is 0.229. The van der Waals surface area contributed by atoms with Crippen LogP contribution in [0.2, 0.25) is 0 Å². The molecule has 0 atom stereocenters. The Labute approximate surface area is 231 Å². The van der Waals surface area contributed by atoms with Crippen LogP contribution in [0.1, 0.15) is 13.8 Å². The normalized spacial score (nSPS) is 16.4. The molecule has 2 aliphatic rings. The average Bonchev–Trinajstić information content (AvgIpc) is 3.52. The van der Waals surface area contributed by atoms with E-state index >= 15 is 0 Å². The van der Waals surface area contributed by atoms with Crippen LogP contribution in [0.5, 0.6) is 0 Å². The van der Waals surface area contributed by atoms with Gasteiger partial charge in [0.1, 0.15) is 13.2 Å². The van der Waals surface area contributed by atoms with Crippen molar-refractivity contribution in [3.63, 3.8) is 0 Å². The number of benzene rings is 2. The van der Waals surface area contributed by atoms with Crippen molar-refractivity contribution in [2.24, 2.45) is 9.98 Å². The Bertz CT molecular complexity index is 1430. The van der Waals surface area contributed by atoms with E-state index in [-0.39, 0.29) is 83.6 Å². The fraction of sp³-hybridized carbons (Fsp3) is 0.231. The van der Waals surface area contributed by atoms with Crippen LogP contribution in [0.15, 0.2) is 81.2 Å². The van der Waals surface area contributed by atoms with Gasteiger partial charge in [0.25, 0.3) is 11.4 Å². The summed E-state index contributed by atoms with van der Waals surface area (Å²) in [6, 6.07) is 10.8. The molecule has 15 heteroatoms. The molecule has 212 valence electrons. The lowest BCUT2D eigenvalue weighted by molar-refractivity contribution is -0.385. The molecule has 2 heterocycles. The molecule has 0 aliphatic carbocycles. The Morgan fingerprint density at radius 1 is 0.780 bits per heavy atom. The van der Waals surface area contributed by atoms with Gasteiger partial charge in [-0.1, -0.05) is 12.1 Å². The fourth-order valence-electron chi connectivity index (χ4n) is 3.68. The minimum absolute atomic E-state index is 0.0135. The van der Waals surface area contributed by atoms with Gasteiger partial charge >= 0.3 is 11.9 Å². The van der Waals surface area contributed by atoms with Crippen molar-refractivity contribution in [2.75, 3.05) is 26.4 Å². The van der Waals surface area contributed by atoms with Crippen molar-refractivity contribution in [2.45, 2.75) is 13.8 Å². The van der Waals surface area contributed by atoms with Gasteiger partial charge in [-0.25, -0.2) is 19.6 Å². The highest BCUT2D eigenvalue weighted by Gasteiger charge is 2.37. The van der Waals surface area contributed by atoms with Crippen LogP contribution in [-0.2, 0) is 33.3 Å². The molecule has 2 aromatic carbocycles. The number of nitro groups is 2. The molecule has 0 saturated carbocycles. The first-order valence-electron chi connectivity index (χ1n) is 12.1. The summed E-state index contributed by atoms with van der Waals surface area (Å²) in [4.78, 5) is 55.3. The Balaban J connectivity index is 1.75. The molecule has 4 rings (SSSR count). The summed E-state index contributed by atoms with van der Waals surface area (Å²) in [5, 5.41) is 22.3. The van der Waals surface area contributed by atoms with Crippen LogP contribution in [-0.4, -0.2) is 60.0 Å². The van der Waals surface area contributed by atoms with Crippen molar-refractivity contribution >= 4 is 46.5 Å². The fourth-order valence-corrected chi connectivity index (χ4v) is 3.68. The van der Waals surface area contributed by atoms with Gasteiger partial charge in [-0.3, -0.25) is 20.2 Å². The second kappa shape index (κ2) is 12.5. The second-order valence-corrected chi connectivity index (χ2v) is 8.10. The zero-order chi connectivity index (χ0) is 29.5. The van der Waals surface area contributed by atoms with Gasteiger partial charge in [0.2, 0.25) is 11.8 Å². The number of aliphatic imine (C=N–C) groups is 2. The lowest BCUT2D eigenvalue weighted by Crippen LogP contribution is -2.16. The standard InChI is InChI=1S/C26H22N4O11/c1-3-37-25(31)21-19(13-39-23(21)27-15-7-5-9-17(11-15)29(33)34)41-20-14-40-24(22(20)26(32)38-4-2)28-16-8-6-10-18(12-16)30(35)36/h5-12H,3-4,13-14H2,1-2H3. The number of carbonyl (C=O) groups is 2. The lowest BCUT2D eigenvalue weighted by atomic mass is 10.2. The number of nitro benzene ring substituents is 2. The zero-order valence-corrected chi connectivity index (χ0v) is 21.7. The van der Waals surface area contributed by atoms with Gasteiger partial charge in [0.05, 0.1) is 34.4 Å². The van der Waals surface area contributed by atoms with E-state index in [1.54, 1.807) is 13.8 Å². The molecule has 0 N–H and O–H groups in total. The molecule has 0 bridgehead atoms. The van der Waals surface area contributed by atoms with Gasteiger partial charge in [-0.05, 0) is 26.0 Å². The van der Waals surface area contributed by atoms with Gasteiger partial charge in [0.15, 0.2) is 22.7 Å². The van der Waals surface area contributed by atoms with E-state index < -0.39 is 21.8 Å². The van der Waals surface area contributed by atoms with Crippen LogP contribution in [0, 0.1) is 20.2 Å². The maximum atomic E-state index is 12.9. The smallest absolute Gasteiger partial charge is 0.347 e. The highest BCUT2D eigenvalue weighted by atomic mass is 16.6. The summed E-state index contributed by atoms with van der Waals surface area (Å²) >= 11 is 0. The Morgan fingerprint density at radius 3 is 1.56 bits per heavy atom. The molecule has 41 heavy (non-hydrogen) atoms. The van der Waals surface area contributed by atoms with Crippen molar-refractivity contribution in [1.82, 2.24) is 0 Å². The largest absolute Gasteiger partial charge is 0.469 e. The molecule has 0 fully saturated rings. The molecular weight excluding hydrogens is 544 g/mol. The van der Waals surface area contributed by atoms with Crippen molar-refractivity contribution < 1.29 is 43.1 Å². The first-order chi connectivity index (χ1) is 19.7. The van der Waals surface area contributed by atoms with Gasteiger partial charge in [-0.15, -0.1) is 0 Å². The molecule has 15 nitrogen and oxygen atoms in total. The number of hydrogen-bond donors (Lipinski definition) is 0. The van der Waals surface area contributed by atoms with E-state index in [1.807, 2.05) is 0 Å². The number of hydrogen-bond acceptors (Lipinski definition) is 13. The van der Waals surface area contributed by atoms with Crippen LogP contribution in [0.4, 0.5) is 22.7 Å². The number of esters is 2. The third-order valence-corrected chi connectivity index (χ3v) is 5.41. The summed E-state index contributed by atoms with van der Waals surface area (Å²) in [5.41, 5.74) is -0.549. The molecule has 0 spiro atoms. The van der Waals surface area contributed by atoms with Crippen molar-refractivity contribution in [3.05, 3.63) is 91.4 Å². The zero-order valence-electron chi connectivity index (χ0n) is 21.7. The first-order valence-corrected chi connectivity index (χ1v) is 12.1. The Kier molecular flexibility index (Phi) is 8.66. The maximum absolute atomic E-state index is 12.9. The third kappa shape index (κ3) is 6.52. The summed E-state index contributed by atoms with van der Waals surface area (Å²) in [6.07, 6.45) is 0. The highest BCUT2D eigenvalue weighted by molar-refractivity contribution is 6.20. The summed E-state index contributed by atoms with van der Waals surface area (Å²) in [7, 11) is 0. The van der Waals surface area contributed by atoms with E-state index in [2.05, 4.69) is 9.98 Å². The van der Waals surface area contributed by atoms with Crippen molar-refractivity contribution in [3.8, 4) is 0 Å². The Hall–Kier alpha value is -5.60. The van der Waals surface area contributed by atoms with E-state index in [9.17, 15) is 29.8 Å². The van der Waals surface area contributed by atoms with Crippen LogP contribution >= 0.6 is 0 Å². The molecule has 0 saturated heterocycles. The number of ether oxygens (including phenoxy) is 5. The number of carbonyl (C=O) groups excluding carboxylic acids is 2. The molecule has 2 aliphatic heterocycles. The summed E-state index contributed by atoms with van der Waals surface area (Å²) in [6.45, 7) is 2.63. The van der Waals surface area contributed by atoms with E-state index in [0.717, 1.165) is 0 Å². The molecule has 0 amide bonds. The van der Waals surface area contributed by atoms with Crippen molar-refractivity contribution in [1.29, 1.82) is 0 Å². The first kappa shape index (κ1) is 28.4. The Morgan fingerprint density at radius 2 is 1.20 bits per heavy atom. The predicted octanol–water partition coefficient (Wildman–Crippen LogP) is 3.97. The summed E-state index contributed by atoms with van der Waals surface area (Å²) < 4.78 is 27.3. The molecule has 2 aromatic rings. The number of nitrogens with zero attached hydrogens (tertiary/aromatic N) is 4. The molecular formula is C26H22N4O11. The van der Waals surface area contributed by atoms with E-state index in [4.69, 9.17) is 23.7 Å². The predicted molar refractivity (Wildman–Crippen MR) is 141 cm³/mol. The van der Waals surface area contributed by atoms with Gasteiger partial charge in [-0.2, -0.15) is 0 Å². The SMILES string of the molecule is CCOC(=O)C1=C(OC2=C(C(=O)OCC)C(=Nc3cccc([N+](=O)[O-])c3)OC2)COC1=Nc1cccc([N+](=O)[O-])c1. The maximum Gasteiger partial charge on any atom is 0.347 e. The van der Waals surface area contributed by atoms with Crippen LogP contribution < -0.4 is 0 Å². The minimum atomic E-state index is -0.841. The third-order valence-electron chi connectivity index (χ3n) is 5.41. The molecule has 0 radical (unpaired) electrons. The van der Waals surface area contributed by atoms with E-state index in [1.165, 1.54) is 48.5 Å². The van der Waals surface area contributed by atoms with E-state index in [0.29, 0.717) is 0 Å². The number of non-ortho nitro benzene ring substituents is 2. The molecule has 0 aromatic heterocycles. The van der Waals surface area contributed by atoms with Gasteiger partial charge in [0, 0.05) is 24.3 Å². The average molecular weight is 566 g/mol.